The summed E-state index contributed by atoms with van der Waals surface area (Å²) in [5.41, 5.74) is 39.5. The van der Waals surface area contributed by atoms with E-state index in [4.69, 9.17) is 0 Å². The van der Waals surface area contributed by atoms with E-state index in [0.29, 0.717) is 12.0 Å². The van der Waals surface area contributed by atoms with Crippen LogP contribution in [0.1, 0.15) is 219 Å². The second-order valence-corrected chi connectivity index (χ2v) is 31.5. The van der Waals surface area contributed by atoms with Gasteiger partial charge in [-0.1, -0.05) is 208 Å². The number of hydrogen-bond donors (Lipinski definition) is 0. The highest BCUT2D eigenvalue weighted by atomic mass is 15.4. The number of aryl methyl sites for hydroxylation is 12. The van der Waals surface area contributed by atoms with Crippen molar-refractivity contribution in [1.29, 1.82) is 0 Å². The second-order valence-electron chi connectivity index (χ2n) is 31.5. The molecule has 106 heavy (non-hydrogen) atoms. The highest BCUT2D eigenvalue weighted by Gasteiger charge is 2.45. The topological polar surface area (TPSA) is 25.9 Å². The summed E-state index contributed by atoms with van der Waals surface area (Å²) in [6, 6.07) is 73.0. The molecule has 9 aromatic carbocycles. The van der Waals surface area contributed by atoms with Gasteiger partial charge in [-0.05, 0) is 247 Å². The molecule has 552 valence electrons. The molecule has 0 spiro atoms. The van der Waals surface area contributed by atoms with Gasteiger partial charge < -0.3 is 39.2 Å². The summed E-state index contributed by atoms with van der Waals surface area (Å²) in [6.07, 6.45) is 13.0. The second kappa shape index (κ2) is 32.6. The van der Waals surface area contributed by atoms with Crippen LogP contribution in [0.4, 0.5) is 22.7 Å². The van der Waals surface area contributed by atoms with Gasteiger partial charge in [0, 0.05) is 118 Å². The van der Waals surface area contributed by atoms with Gasteiger partial charge in [0.05, 0.1) is 5.70 Å². The summed E-state index contributed by atoms with van der Waals surface area (Å²) in [5.74, 6) is 0.704. The number of anilines is 4. The molecule has 0 amide bonds. The Bertz CT molecular complexity index is 4680. The van der Waals surface area contributed by atoms with Crippen molar-refractivity contribution in [2.45, 2.75) is 213 Å². The average Bonchev–Trinajstić information content (AvgIpc) is 1.60. The van der Waals surface area contributed by atoms with Crippen molar-refractivity contribution in [3.05, 3.63) is 335 Å². The molecule has 2 aliphatic carbocycles. The third kappa shape index (κ3) is 14.6. The molecule has 4 atom stereocenters. The molecule has 0 bridgehead atoms. The zero-order valence-electron chi connectivity index (χ0n) is 68.0. The van der Waals surface area contributed by atoms with Gasteiger partial charge in [-0.15, -0.1) is 0 Å². The first-order valence-electron chi connectivity index (χ1n) is 39.4. The highest BCUT2D eigenvalue weighted by molar-refractivity contribution is 5.78. The van der Waals surface area contributed by atoms with E-state index in [-0.39, 0.29) is 24.7 Å². The summed E-state index contributed by atoms with van der Waals surface area (Å²) in [7, 11) is 6.74. The maximum Gasteiger partial charge on any atom is 0.133 e. The van der Waals surface area contributed by atoms with E-state index in [2.05, 4.69) is 385 Å². The number of nitrogens with zero attached hydrogens (tertiary/aromatic N) is 8. The first-order valence-corrected chi connectivity index (χ1v) is 39.4. The van der Waals surface area contributed by atoms with Crippen LogP contribution in [-0.4, -0.2) is 46.8 Å². The number of para-hydroxylation sites is 4. The summed E-state index contributed by atoms with van der Waals surface area (Å²) in [5, 5.41) is 0. The molecule has 2 saturated carbocycles. The number of benzene rings is 9. The Balaban J connectivity index is 0.000000133. The fourth-order valence-corrected chi connectivity index (χ4v) is 18.9. The minimum absolute atomic E-state index is 0.137. The molecule has 0 radical (unpaired) electrons. The molecule has 0 saturated heterocycles. The van der Waals surface area contributed by atoms with Gasteiger partial charge in [0.2, 0.25) is 0 Å². The van der Waals surface area contributed by atoms with E-state index in [9.17, 15) is 0 Å². The van der Waals surface area contributed by atoms with Gasteiger partial charge in [-0.2, -0.15) is 0 Å². The molecule has 0 aromatic heterocycles. The van der Waals surface area contributed by atoms with Crippen molar-refractivity contribution in [2.75, 3.05) is 40.7 Å². The zero-order valence-corrected chi connectivity index (χ0v) is 68.0. The van der Waals surface area contributed by atoms with Crippen LogP contribution in [0.15, 0.2) is 240 Å². The van der Waals surface area contributed by atoms with E-state index >= 15 is 0 Å². The van der Waals surface area contributed by atoms with Gasteiger partial charge >= 0.3 is 0 Å². The molecule has 6 aliphatic rings. The molecule has 8 heteroatoms. The Labute approximate surface area is 638 Å². The Morgan fingerprint density at radius 2 is 0.528 bits per heavy atom. The zero-order chi connectivity index (χ0) is 75.5. The molecule has 0 N–H and O–H groups in total. The van der Waals surface area contributed by atoms with Gasteiger partial charge in [0.1, 0.15) is 24.7 Å². The Kier molecular flexibility index (Phi) is 23.4. The van der Waals surface area contributed by atoms with Gasteiger partial charge in [0.25, 0.3) is 0 Å². The smallest absolute Gasteiger partial charge is 0.133 e. The predicted octanol–water partition coefficient (Wildman–Crippen LogP) is 25.3. The lowest BCUT2D eigenvalue weighted by Gasteiger charge is -2.42. The maximum atomic E-state index is 2.76. The molecule has 15 rings (SSSR count). The van der Waals surface area contributed by atoms with Gasteiger partial charge in [-0.25, -0.2) is 0 Å². The molecule has 2 fully saturated rings. The van der Waals surface area contributed by atoms with E-state index < -0.39 is 0 Å². The number of hydrogen-bond acceptors (Lipinski definition) is 8. The van der Waals surface area contributed by atoms with Crippen LogP contribution in [0.3, 0.4) is 0 Å². The van der Waals surface area contributed by atoms with Crippen LogP contribution in [0.25, 0.3) is 5.70 Å². The van der Waals surface area contributed by atoms with Crippen molar-refractivity contribution >= 4 is 28.4 Å². The highest BCUT2D eigenvalue weighted by Crippen LogP contribution is 2.53. The molecule has 8 nitrogen and oxygen atoms in total. The molecule has 4 heterocycles. The summed E-state index contributed by atoms with van der Waals surface area (Å²) >= 11 is 0. The molecular weight excluding hydrogens is 1290 g/mol. The predicted molar refractivity (Wildman–Crippen MR) is 452 cm³/mol. The van der Waals surface area contributed by atoms with E-state index in [1.165, 1.54) is 215 Å². The first kappa shape index (κ1) is 76.0. The average molecular weight is 1410 g/mol. The van der Waals surface area contributed by atoms with Gasteiger partial charge in [-0.3, -0.25) is 0 Å². The standard InChI is InChI=1S/C26H28N2.C26H34N2.C25H32N2.C21H26N2/c1-18-12-9-10-17-23(18)28-21(4)25(22-15-7-6-8-16-22)27(5)26(28)24-19(2)13-11-14-20(24)3;1-18-12-9-10-17-24(18)28-22(5)21(4)27(23-15-7-6-8-16-23)26(28)25-19(2)13-11-14-20(25)3;1-17-11-6-9-16-22(17)27-20(4)24(21-14-7-8-15-21)26(5)25(27)23-18(2)12-10-13-19(23)3;1-14-10-7-8-13-19(14)23-18(5)17(4)22(6)21(23)20-15(2)11-9-12-16(20)3/h6-17,26H,1-5H3;9-14,17,23,26H,6-8,15-16H2,1-5H3;6,9-13,16,21,25H,7-8,14-15H2,1-5H3;7-13,21H,1-6H3. The van der Waals surface area contributed by atoms with Crippen LogP contribution in [-0.2, 0) is 0 Å². The van der Waals surface area contributed by atoms with E-state index in [1.807, 2.05) is 0 Å². The number of rotatable bonds is 11. The molecular formula is C98H120N8. The monoisotopic (exact) mass is 1410 g/mol. The van der Waals surface area contributed by atoms with Crippen LogP contribution in [0, 0.1) is 89.0 Å². The van der Waals surface area contributed by atoms with Crippen LogP contribution < -0.4 is 19.6 Å². The van der Waals surface area contributed by atoms with Crippen LogP contribution in [0.2, 0.25) is 0 Å². The minimum atomic E-state index is 0.137. The Hall–Kier alpha value is -9.66. The summed E-state index contributed by atoms with van der Waals surface area (Å²) in [6.45, 7) is 40.5. The van der Waals surface area contributed by atoms with E-state index in [0.717, 1.165) is 0 Å². The maximum absolute atomic E-state index is 2.76. The van der Waals surface area contributed by atoms with Crippen molar-refractivity contribution in [3.63, 3.8) is 0 Å². The fraction of sp³-hybridized carbons (Fsp3) is 0.367. The third-order valence-electron chi connectivity index (χ3n) is 24.7. The van der Waals surface area contributed by atoms with Crippen molar-refractivity contribution < 1.29 is 0 Å². The van der Waals surface area contributed by atoms with E-state index in [1.54, 1.807) is 5.70 Å². The summed E-state index contributed by atoms with van der Waals surface area (Å²) < 4.78 is 0. The lowest BCUT2D eigenvalue weighted by molar-refractivity contribution is 0.162. The van der Waals surface area contributed by atoms with Gasteiger partial charge in [0.15, 0.2) is 0 Å². The quantitative estimate of drug-likeness (QED) is 0.126. The lowest BCUT2D eigenvalue weighted by atomic mass is 9.91. The molecule has 9 aromatic rings. The third-order valence-corrected chi connectivity index (χ3v) is 24.7. The van der Waals surface area contributed by atoms with Crippen molar-refractivity contribution in [3.8, 4) is 0 Å². The molecule has 4 aliphatic heterocycles. The van der Waals surface area contributed by atoms with Crippen LogP contribution >= 0.6 is 0 Å². The van der Waals surface area contributed by atoms with Crippen molar-refractivity contribution in [2.24, 2.45) is 5.92 Å². The van der Waals surface area contributed by atoms with Crippen molar-refractivity contribution in [1.82, 2.24) is 19.6 Å². The summed E-state index contributed by atoms with van der Waals surface area (Å²) in [4.78, 5) is 20.4. The van der Waals surface area contributed by atoms with Crippen LogP contribution in [0.5, 0.6) is 0 Å². The Morgan fingerprint density at radius 1 is 0.236 bits per heavy atom. The lowest BCUT2D eigenvalue weighted by Crippen LogP contribution is -2.41. The normalized spacial score (nSPS) is 19.2. The SMILES string of the molecule is CC1=C(C)N(C2CCCCC2)C(c2c(C)cccc2C)N1c1ccccc1C.CC1=C(C)N(c2ccccc2C)C(c2c(C)cccc2C)N1C.CC1=C(C2CCCC2)N(C)C(c2c(C)cccc2C)N1c1ccccc1C.CC1=C(c2ccccc2)N(C)C(c2c(C)cccc2C)N1c1ccccc1C. The fourth-order valence-electron chi connectivity index (χ4n) is 18.9. The molecule has 4 unspecified atom stereocenters. The largest absolute Gasteiger partial charge is 0.352 e. The Morgan fingerprint density at radius 3 is 0.915 bits per heavy atom. The minimum Gasteiger partial charge on any atom is -0.352 e. The first-order chi connectivity index (χ1) is 50.9. The number of allylic oxidation sites excluding steroid dienone is 7.